The van der Waals surface area contributed by atoms with Crippen LogP contribution in [0.25, 0.3) is 0 Å². The SMILES string of the molecule is CC(C(=O)N1CCC(NC(=O)NC2CCCCC2)CC1)n1cncn1. The number of hydrogen-bond donors (Lipinski definition) is 2. The highest BCUT2D eigenvalue weighted by atomic mass is 16.2. The molecule has 3 rings (SSSR count). The summed E-state index contributed by atoms with van der Waals surface area (Å²) in [5.41, 5.74) is 0. The Morgan fingerprint density at radius 2 is 1.68 bits per heavy atom. The molecule has 0 radical (unpaired) electrons. The third-order valence-corrected chi connectivity index (χ3v) is 5.27. The molecule has 2 aliphatic rings. The van der Waals surface area contributed by atoms with Crippen LogP contribution in [0.3, 0.4) is 0 Å². The summed E-state index contributed by atoms with van der Waals surface area (Å²) in [4.78, 5) is 30.4. The first kappa shape index (κ1) is 17.7. The van der Waals surface area contributed by atoms with Crippen molar-refractivity contribution in [1.82, 2.24) is 30.3 Å². The second kappa shape index (κ2) is 8.31. The molecule has 1 saturated carbocycles. The number of rotatable bonds is 4. The van der Waals surface area contributed by atoms with E-state index in [0.29, 0.717) is 19.1 Å². The number of urea groups is 1. The normalized spacial score (nSPS) is 20.9. The van der Waals surface area contributed by atoms with E-state index in [2.05, 4.69) is 20.7 Å². The highest BCUT2D eigenvalue weighted by Gasteiger charge is 2.28. The molecule has 1 aliphatic carbocycles. The van der Waals surface area contributed by atoms with Crippen molar-refractivity contribution in [3.63, 3.8) is 0 Å². The van der Waals surface area contributed by atoms with Crippen LogP contribution >= 0.6 is 0 Å². The first-order valence-corrected chi connectivity index (χ1v) is 9.33. The molecular weight excluding hydrogens is 320 g/mol. The van der Waals surface area contributed by atoms with E-state index >= 15 is 0 Å². The zero-order chi connectivity index (χ0) is 17.6. The molecule has 1 aromatic heterocycles. The number of nitrogens with zero attached hydrogens (tertiary/aromatic N) is 4. The number of amides is 3. The van der Waals surface area contributed by atoms with Gasteiger partial charge in [-0.3, -0.25) is 4.79 Å². The van der Waals surface area contributed by atoms with Crippen molar-refractivity contribution in [1.29, 1.82) is 0 Å². The van der Waals surface area contributed by atoms with Gasteiger partial charge in [-0.25, -0.2) is 14.5 Å². The summed E-state index contributed by atoms with van der Waals surface area (Å²) in [5.74, 6) is 0.0515. The van der Waals surface area contributed by atoms with Crippen LogP contribution in [0.15, 0.2) is 12.7 Å². The summed E-state index contributed by atoms with van der Waals surface area (Å²) >= 11 is 0. The van der Waals surface area contributed by atoms with E-state index in [1.807, 2.05) is 11.8 Å². The number of aromatic nitrogens is 3. The fraction of sp³-hybridized carbons (Fsp3) is 0.765. The second-order valence-corrected chi connectivity index (χ2v) is 7.10. The number of hydrogen-bond acceptors (Lipinski definition) is 4. The molecule has 2 heterocycles. The number of carbonyl (C=O) groups excluding carboxylic acids is 2. The van der Waals surface area contributed by atoms with Gasteiger partial charge in [0.15, 0.2) is 0 Å². The maximum atomic E-state index is 12.5. The van der Waals surface area contributed by atoms with Gasteiger partial charge in [-0.05, 0) is 32.6 Å². The van der Waals surface area contributed by atoms with Crippen LogP contribution < -0.4 is 10.6 Å². The van der Waals surface area contributed by atoms with Crippen molar-refractivity contribution in [3.8, 4) is 0 Å². The summed E-state index contributed by atoms with van der Waals surface area (Å²) in [6, 6.07) is 0.0440. The van der Waals surface area contributed by atoms with E-state index in [0.717, 1.165) is 25.7 Å². The number of likely N-dealkylation sites (tertiary alicyclic amines) is 1. The van der Waals surface area contributed by atoms with Crippen molar-refractivity contribution < 1.29 is 9.59 Å². The van der Waals surface area contributed by atoms with Crippen LogP contribution in [-0.2, 0) is 4.79 Å². The summed E-state index contributed by atoms with van der Waals surface area (Å²) in [6.45, 7) is 3.15. The maximum Gasteiger partial charge on any atom is 0.315 e. The molecule has 25 heavy (non-hydrogen) atoms. The summed E-state index contributed by atoms with van der Waals surface area (Å²) in [6.07, 6.45) is 10.4. The number of carbonyl (C=O) groups is 2. The standard InChI is InChI=1S/C17H28N6O2/c1-13(23-12-18-11-19-23)16(24)22-9-7-15(8-10-22)21-17(25)20-14-5-3-2-4-6-14/h11-15H,2-10H2,1H3,(H2,20,21,25). The van der Waals surface area contributed by atoms with Crippen LogP contribution in [0.5, 0.6) is 0 Å². The van der Waals surface area contributed by atoms with Crippen LogP contribution in [0, 0.1) is 0 Å². The predicted molar refractivity (Wildman–Crippen MR) is 92.9 cm³/mol. The van der Waals surface area contributed by atoms with Crippen molar-refractivity contribution in [2.75, 3.05) is 13.1 Å². The average molecular weight is 348 g/mol. The molecular formula is C17H28N6O2. The van der Waals surface area contributed by atoms with E-state index in [4.69, 9.17) is 0 Å². The third kappa shape index (κ3) is 4.70. The highest BCUT2D eigenvalue weighted by Crippen LogP contribution is 2.18. The van der Waals surface area contributed by atoms with Gasteiger partial charge in [0.2, 0.25) is 5.91 Å². The minimum atomic E-state index is -0.346. The molecule has 1 aliphatic heterocycles. The Labute approximate surface area is 148 Å². The monoisotopic (exact) mass is 348 g/mol. The number of nitrogens with one attached hydrogen (secondary N) is 2. The quantitative estimate of drug-likeness (QED) is 0.862. The molecule has 8 heteroatoms. The molecule has 3 amide bonds. The van der Waals surface area contributed by atoms with Crippen molar-refractivity contribution in [2.45, 2.75) is 70.0 Å². The molecule has 1 saturated heterocycles. The van der Waals surface area contributed by atoms with Crippen molar-refractivity contribution >= 4 is 11.9 Å². The van der Waals surface area contributed by atoms with Crippen LogP contribution in [0.1, 0.15) is 57.9 Å². The van der Waals surface area contributed by atoms with E-state index in [1.165, 1.54) is 25.6 Å². The Morgan fingerprint density at radius 1 is 1.04 bits per heavy atom. The fourth-order valence-corrected chi connectivity index (χ4v) is 3.70. The highest BCUT2D eigenvalue weighted by molar-refractivity contribution is 5.80. The van der Waals surface area contributed by atoms with Crippen LogP contribution in [0.4, 0.5) is 4.79 Å². The van der Waals surface area contributed by atoms with Crippen LogP contribution in [0.2, 0.25) is 0 Å². The lowest BCUT2D eigenvalue weighted by atomic mass is 9.96. The van der Waals surface area contributed by atoms with E-state index in [9.17, 15) is 9.59 Å². The van der Waals surface area contributed by atoms with Gasteiger partial charge in [0.25, 0.3) is 0 Å². The molecule has 1 atom stereocenters. The first-order valence-electron chi connectivity index (χ1n) is 9.33. The number of piperidine rings is 1. The van der Waals surface area contributed by atoms with Gasteiger partial charge in [-0.2, -0.15) is 5.10 Å². The van der Waals surface area contributed by atoms with Crippen LogP contribution in [-0.4, -0.2) is 56.8 Å². The molecule has 0 spiro atoms. The first-order chi connectivity index (χ1) is 12.1. The van der Waals surface area contributed by atoms with Gasteiger partial charge >= 0.3 is 6.03 Å². The molecule has 138 valence electrons. The molecule has 2 N–H and O–H groups in total. The van der Waals surface area contributed by atoms with Crippen molar-refractivity contribution in [3.05, 3.63) is 12.7 Å². The summed E-state index contributed by atoms with van der Waals surface area (Å²) in [7, 11) is 0. The molecule has 0 aromatic carbocycles. The van der Waals surface area contributed by atoms with Gasteiger partial charge < -0.3 is 15.5 Å². The molecule has 2 fully saturated rings. The van der Waals surface area contributed by atoms with Gasteiger partial charge in [-0.15, -0.1) is 0 Å². The lowest BCUT2D eigenvalue weighted by Gasteiger charge is -2.34. The Morgan fingerprint density at radius 3 is 2.28 bits per heavy atom. The average Bonchev–Trinajstić information content (AvgIpc) is 3.16. The van der Waals surface area contributed by atoms with E-state index in [1.54, 1.807) is 11.0 Å². The van der Waals surface area contributed by atoms with Gasteiger partial charge in [0.05, 0.1) is 0 Å². The largest absolute Gasteiger partial charge is 0.341 e. The third-order valence-electron chi connectivity index (χ3n) is 5.27. The molecule has 8 nitrogen and oxygen atoms in total. The minimum Gasteiger partial charge on any atom is -0.341 e. The molecule has 0 bridgehead atoms. The zero-order valence-corrected chi connectivity index (χ0v) is 14.9. The topological polar surface area (TPSA) is 92.2 Å². The molecule has 1 aromatic rings. The maximum absolute atomic E-state index is 12.5. The Balaban J connectivity index is 1.40. The summed E-state index contributed by atoms with van der Waals surface area (Å²) in [5, 5.41) is 10.2. The van der Waals surface area contributed by atoms with Gasteiger partial charge in [-0.1, -0.05) is 19.3 Å². The van der Waals surface area contributed by atoms with Gasteiger partial charge in [0.1, 0.15) is 18.7 Å². The summed E-state index contributed by atoms with van der Waals surface area (Å²) < 4.78 is 1.57. The van der Waals surface area contributed by atoms with Gasteiger partial charge in [0, 0.05) is 25.2 Å². The van der Waals surface area contributed by atoms with E-state index in [-0.39, 0.29) is 24.0 Å². The Hall–Kier alpha value is -2.12. The van der Waals surface area contributed by atoms with Crippen molar-refractivity contribution in [2.24, 2.45) is 0 Å². The minimum absolute atomic E-state index is 0.0515. The lowest BCUT2D eigenvalue weighted by molar-refractivity contribution is -0.135. The second-order valence-electron chi connectivity index (χ2n) is 7.10. The fourth-order valence-electron chi connectivity index (χ4n) is 3.70. The zero-order valence-electron chi connectivity index (χ0n) is 14.9. The smallest absolute Gasteiger partial charge is 0.315 e. The Bertz CT molecular complexity index is 562. The van der Waals surface area contributed by atoms with E-state index < -0.39 is 0 Å². The Kier molecular flexibility index (Phi) is 5.88. The predicted octanol–water partition coefficient (Wildman–Crippen LogP) is 1.46. The lowest BCUT2D eigenvalue weighted by Crippen LogP contribution is -2.51. The molecule has 1 unspecified atom stereocenters.